The standard InChI is InChI=1S/C23H23NO5/c1-2-28-23(27)19(16-22(25)26)15-17-7-9-20(10-8-17)29-14-13-24-12-11-18-5-3-4-6-21(18)24/h3-12,15H,2,13-14,16H2,1H3,(H,25,26)/b19-15+. The molecule has 6 heteroatoms. The van der Waals surface area contributed by atoms with E-state index >= 15 is 0 Å². The van der Waals surface area contributed by atoms with Crippen LogP contribution in [0.2, 0.25) is 0 Å². The van der Waals surface area contributed by atoms with Crippen molar-refractivity contribution in [2.75, 3.05) is 13.2 Å². The molecule has 0 fully saturated rings. The molecule has 0 radical (unpaired) electrons. The molecule has 0 bridgehead atoms. The van der Waals surface area contributed by atoms with Crippen LogP contribution in [0.3, 0.4) is 0 Å². The van der Waals surface area contributed by atoms with Gasteiger partial charge in [-0.1, -0.05) is 30.3 Å². The quantitative estimate of drug-likeness (QED) is 0.437. The van der Waals surface area contributed by atoms with Gasteiger partial charge < -0.3 is 19.1 Å². The first-order chi connectivity index (χ1) is 14.1. The molecule has 1 aromatic heterocycles. The normalized spacial score (nSPS) is 11.4. The molecule has 1 N–H and O–H groups in total. The van der Waals surface area contributed by atoms with Gasteiger partial charge in [0.05, 0.1) is 19.6 Å². The number of carbonyl (C=O) groups is 2. The summed E-state index contributed by atoms with van der Waals surface area (Å²) < 4.78 is 12.9. The van der Waals surface area contributed by atoms with Crippen molar-refractivity contribution in [3.63, 3.8) is 0 Å². The van der Waals surface area contributed by atoms with Crippen LogP contribution < -0.4 is 4.74 Å². The number of rotatable bonds is 9. The first-order valence-electron chi connectivity index (χ1n) is 9.43. The van der Waals surface area contributed by atoms with Crippen LogP contribution in [0.4, 0.5) is 0 Å². The van der Waals surface area contributed by atoms with E-state index in [1.807, 2.05) is 18.3 Å². The highest BCUT2D eigenvalue weighted by Gasteiger charge is 2.14. The van der Waals surface area contributed by atoms with Gasteiger partial charge in [0.25, 0.3) is 0 Å². The van der Waals surface area contributed by atoms with Crippen LogP contribution in [0.15, 0.2) is 66.4 Å². The Labute approximate surface area is 169 Å². The van der Waals surface area contributed by atoms with Gasteiger partial charge in [-0.25, -0.2) is 4.79 Å². The Kier molecular flexibility index (Phi) is 6.68. The Morgan fingerprint density at radius 3 is 2.55 bits per heavy atom. The Bertz CT molecular complexity index is 1020. The molecular weight excluding hydrogens is 370 g/mol. The number of ether oxygens (including phenoxy) is 2. The first-order valence-corrected chi connectivity index (χ1v) is 9.43. The molecule has 3 rings (SSSR count). The van der Waals surface area contributed by atoms with Gasteiger partial charge in [-0.2, -0.15) is 0 Å². The van der Waals surface area contributed by atoms with E-state index in [2.05, 4.69) is 22.8 Å². The van der Waals surface area contributed by atoms with E-state index in [0.717, 1.165) is 6.54 Å². The zero-order chi connectivity index (χ0) is 20.6. The fourth-order valence-electron chi connectivity index (χ4n) is 3.03. The molecule has 0 saturated carbocycles. The molecule has 0 spiro atoms. The molecule has 0 amide bonds. The summed E-state index contributed by atoms with van der Waals surface area (Å²) in [6.07, 6.45) is 3.19. The molecule has 1 heterocycles. The number of carboxylic acids is 1. The maximum atomic E-state index is 11.9. The van der Waals surface area contributed by atoms with E-state index in [1.54, 1.807) is 31.2 Å². The number of aromatic nitrogens is 1. The molecule has 3 aromatic rings. The zero-order valence-electron chi connectivity index (χ0n) is 16.2. The Morgan fingerprint density at radius 2 is 1.83 bits per heavy atom. The van der Waals surface area contributed by atoms with Crippen molar-refractivity contribution in [1.29, 1.82) is 0 Å². The van der Waals surface area contributed by atoms with Gasteiger partial charge in [0.15, 0.2) is 0 Å². The third-order valence-corrected chi connectivity index (χ3v) is 4.38. The summed E-state index contributed by atoms with van der Waals surface area (Å²) in [5.74, 6) is -0.995. The second-order valence-electron chi connectivity index (χ2n) is 6.45. The molecule has 0 aliphatic heterocycles. The molecule has 6 nitrogen and oxygen atoms in total. The number of carbonyl (C=O) groups excluding carboxylic acids is 1. The van der Waals surface area contributed by atoms with Gasteiger partial charge in [0, 0.05) is 17.3 Å². The number of nitrogens with zero attached hydrogens (tertiary/aromatic N) is 1. The molecule has 29 heavy (non-hydrogen) atoms. The van der Waals surface area contributed by atoms with Crippen molar-refractivity contribution in [3.8, 4) is 5.75 Å². The summed E-state index contributed by atoms with van der Waals surface area (Å²) in [5.41, 5.74) is 1.98. The van der Waals surface area contributed by atoms with Gasteiger partial charge >= 0.3 is 11.9 Å². The van der Waals surface area contributed by atoms with E-state index in [1.165, 1.54) is 17.0 Å². The third kappa shape index (κ3) is 5.48. The monoisotopic (exact) mass is 393 g/mol. The van der Waals surface area contributed by atoms with Crippen LogP contribution in [0.25, 0.3) is 17.0 Å². The molecule has 0 aliphatic rings. The SMILES string of the molecule is CCOC(=O)/C(=C/c1ccc(OCCn2ccc3ccccc32)cc1)CC(=O)O. The number of hydrogen-bond donors (Lipinski definition) is 1. The topological polar surface area (TPSA) is 77.8 Å². The largest absolute Gasteiger partial charge is 0.492 e. The summed E-state index contributed by atoms with van der Waals surface area (Å²) in [5, 5.41) is 10.2. The summed E-state index contributed by atoms with van der Waals surface area (Å²) >= 11 is 0. The fraction of sp³-hybridized carbons (Fsp3) is 0.217. The predicted molar refractivity (Wildman–Crippen MR) is 111 cm³/mol. The molecule has 2 aromatic carbocycles. The molecule has 0 atom stereocenters. The minimum atomic E-state index is -1.08. The van der Waals surface area contributed by atoms with Crippen LogP contribution in [0.1, 0.15) is 18.9 Å². The van der Waals surface area contributed by atoms with Crippen molar-refractivity contribution in [3.05, 3.63) is 71.9 Å². The number of carboxylic acid groups (broad SMARTS) is 1. The first kappa shape index (κ1) is 20.2. The highest BCUT2D eigenvalue weighted by Crippen LogP contribution is 2.18. The van der Waals surface area contributed by atoms with Gasteiger partial charge in [-0.05, 0) is 48.2 Å². The van der Waals surface area contributed by atoms with E-state index in [0.29, 0.717) is 17.9 Å². The highest BCUT2D eigenvalue weighted by molar-refractivity contribution is 5.98. The second-order valence-corrected chi connectivity index (χ2v) is 6.45. The van der Waals surface area contributed by atoms with Gasteiger partial charge in [0.1, 0.15) is 12.4 Å². The van der Waals surface area contributed by atoms with Crippen LogP contribution in [-0.2, 0) is 20.9 Å². The second kappa shape index (κ2) is 9.59. The molecule has 0 aliphatic carbocycles. The summed E-state index contributed by atoms with van der Waals surface area (Å²) in [4.78, 5) is 22.9. The maximum absolute atomic E-state index is 11.9. The van der Waals surface area contributed by atoms with Crippen LogP contribution in [-0.4, -0.2) is 34.8 Å². The van der Waals surface area contributed by atoms with Crippen molar-refractivity contribution in [2.45, 2.75) is 19.9 Å². The summed E-state index contributed by atoms with van der Waals surface area (Å²) in [7, 11) is 0. The predicted octanol–water partition coefficient (Wildman–Crippen LogP) is 4.14. The van der Waals surface area contributed by atoms with Crippen molar-refractivity contribution in [1.82, 2.24) is 4.57 Å². The number of para-hydroxylation sites is 1. The van der Waals surface area contributed by atoms with Crippen molar-refractivity contribution < 1.29 is 24.2 Å². The number of aliphatic carboxylic acids is 1. The lowest BCUT2D eigenvalue weighted by molar-refractivity contribution is -0.142. The van der Waals surface area contributed by atoms with E-state index in [9.17, 15) is 9.59 Å². The maximum Gasteiger partial charge on any atom is 0.334 e. The van der Waals surface area contributed by atoms with Crippen molar-refractivity contribution in [2.24, 2.45) is 0 Å². The zero-order valence-corrected chi connectivity index (χ0v) is 16.2. The third-order valence-electron chi connectivity index (χ3n) is 4.38. The lowest BCUT2D eigenvalue weighted by Crippen LogP contribution is -2.11. The number of fused-ring (bicyclic) bond motifs is 1. The molecule has 150 valence electrons. The average molecular weight is 393 g/mol. The fourth-order valence-corrected chi connectivity index (χ4v) is 3.03. The van der Waals surface area contributed by atoms with Crippen LogP contribution >= 0.6 is 0 Å². The Morgan fingerprint density at radius 1 is 1.07 bits per heavy atom. The molecule has 0 saturated heterocycles. The van der Waals surface area contributed by atoms with E-state index < -0.39 is 11.9 Å². The number of hydrogen-bond acceptors (Lipinski definition) is 4. The lowest BCUT2D eigenvalue weighted by Gasteiger charge is -2.09. The number of esters is 1. The summed E-state index contributed by atoms with van der Waals surface area (Å²) in [6, 6.07) is 17.4. The minimum Gasteiger partial charge on any atom is -0.492 e. The Balaban J connectivity index is 1.61. The van der Waals surface area contributed by atoms with Gasteiger partial charge in [0.2, 0.25) is 0 Å². The molecule has 0 unspecified atom stereocenters. The van der Waals surface area contributed by atoms with Gasteiger partial charge in [-0.15, -0.1) is 0 Å². The van der Waals surface area contributed by atoms with Gasteiger partial charge in [-0.3, -0.25) is 4.79 Å². The van der Waals surface area contributed by atoms with E-state index in [-0.39, 0.29) is 18.6 Å². The minimum absolute atomic E-state index is 0.104. The van der Waals surface area contributed by atoms with Crippen molar-refractivity contribution >= 4 is 28.9 Å². The number of benzene rings is 2. The van der Waals surface area contributed by atoms with E-state index in [4.69, 9.17) is 14.6 Å². The summed E-state index contributed by atoms with van der Waals surface area (Å²) in [6.45, 7) is 3.11. The highest BCUT2D eigenvalue weighted by atomic mass is 16.5. The smallest absolute Gasteiger partial charge is 0.334 e. The Hall–Kier alpha value is -3.54. The molecular formula is C23H23NO5. The van der Waals surface area contributed by atoms with Crippen LogP contribution in [0.5, 0.6) is 5.75 Å². The lowest BCUT2D eigenvalue weighted by atomic mass is 10.1. The average Bonchev–Trinajstić information content (AvgIpc) is 3.12. The van der Waals surface area contributed by atoms with Crippen LogP contribution in [0, 0.1) is 0 Å².